The van der Waals surface area contributed by atoms with Crippen LogP contribution in [0.3, 0.4) is 0 Å². The summed E-state index contributed by atoms with van der Waals surface area (Å²) in [6.07, 6.45) is 1.31. The molecule has 0 radical (unpaired) electrons. The van der Waals surface area contributed by atoms with E-state index in [-0.39, 0.29) is 17.5 Å². The zero-order valence-electron chi connectivity index (χ0n) is 18.9. The van der Waals surface area contributed by atoms with Crippen molar-refractivity contribution in [2.45, 2.75) is 13.8 Å². The van der Waals surface area contributed by atoms with Crippen LogP contribution in [0.1, 0.15) is 16.7 Å². The maximum atomic E-state index is 12.2. The van der Waals surface area contributed by atoms with Crippen LogP contribution in [0, 0.1) is 13.8 Å². The Morgan fingerprint density at radius 1 is 0.943 bits per heavy atom. The summed E-state index contributed by atoms with van der Waals surface area (Å²) in [6, 6.07) is 16.9. The molecule has 0 saturated heterocycles. The lowest BCUT2D eigenvalue weighted by Crippen LogP contribution is -2.32. The van der Waals surface area contributed by atoms with Gasteiger partial charge in [0.15, 0.2) is 6.61 Å². The molecule has 0 aliphatic heterocycles. The number of benzene rings is 3. The van der Waals surface area contributed by atoms with E-state index in [0.29, 0.717) is 27.7 Å². The second-order valence-electron chi connectivity index (χ2n) is 7.51. The van der Waals surface area contributed by atoms with Crippen molar-refractivity contribution in [2.24, 2.45) is 5.10 Å². The number of anilines is 2. The molecule has 10 heteroatoms. The molecule has 3 N–H and O–H groups in total. The minimum atomic E-state index is -0.956. The normalized spacial score (nSPS) is 10.6. The molecular formula is C25H22Cl2N4O4. The first kappa shape index (κ1) is 25.7. The van der Waals surface area contributed by atoms with E-state index in [1.165, 1.54) is 12.3 Å². The number of carbonyl (C=O) groups is 3. The van der Waals surface area contributed by atoms with Crippen LogP contribution in [0.5, 0.6) is 5.75 Å². The van der Waals surface area contributed by atoms with Crippen LogP contribution < -0.4 is 20.8 Å². The highest BCUT2D eigenvalue weighted by Gasteiger charge is 2.13. The summed E-state index contributed by atoms with van der Waals surface area (Å²) >= 11 is 12.1. The molecule has 0 fully saturated rings. The Morgan fingerprint density at radius 2 is 1.74 bits per heavy atom. The summed E-state index contributed by atoms with van der Waals surface area (Å²) in [5, 5.41) is 9.63. The van der Waals surface area contributed by atoms with Gasteiger partial charge in [-0.1, -0.05) is 47.0 Å². The maximum Gasteiger partial charge on any atom is 0.329 e. The number of nitrogens with one attached hydrogen (secondary N) is 3. The van der Waals surface area contributed by atoms with Crippen LogP contribution in [0.2, 0.25) is 10.0 Å². The first-order valence-corrected chi connectivity index (χ1v) is 11.2. The monoisotopic (exact) mass is 512 g/mol. The van der Waals surface area contributed by atoms with Crippen molar-refractivity contribution in [1.29, 1.82) is 0 Å². The number of carbonyl (C=O) groups excluding carboxylic acids is 3. The highest BCUT2D eigenvalue weighted by Crippen LogP contribution is 2.25. The summed E-state index contributed by atoms with van der Waals surface area (Å²) in [5.41, 5.74) is 5.82. The van der Waals surface area contributed by atoms with Crippen LogP contribution in [0.4, 0.5) is 11.4 Å². The highest BCUT2D eigenvalue weighted by atomic mass is 35.5. The van der Waals surface area contributed by atoms with Crippen molar-refractivity contribution in [2.75, 3.05) is 17.2 Å². The van der Waals surface area contributed by atoms with Gasteiger partial charge in [0.2, 0.25) is 0 Å². The molecule has 3 rings (SSSR count). The predicted octanol–water partition coefficient (Wildman–Crippen LogP) is 4.72. The Balaban J connectivity index is 1.49. The number of hydrazone groups is 1. The second-order valence-corrected chi connectivity index (χ2v) is 8.35. The topological polar surface area (TPSA) is 109 Å². The first-order valence-electron chi connectivity index (χ1n) is 10.4. The molecule has 3 aromatic rings. The zero-order valence-corrected chi connectivity index (χ0v) is 20.4. The molecule has 0 saturated carbocycles. The summed E-state index contributed by atoms with van der Waals surface area (Å²) in [6.45, 7) is 3.67. The third-order valence-electron chi connectivity index (χ3n) is 4.64. The van der Waals surface area contributed by atoms with Gasteiger partial charge in [-0.3, -0.25) is 14.4 Å². The fraction of sp³-hybridized carbons (Fsp3) is 0.120. The van der Waals surface area contributed by atoms with Gasteiger partial charge < -0.3 is 15.4 Å². The molecule has 0 unspecified atom stereocenters. The quantitative estimate of drug-likeness (QED) is 0.241. The standard InChI is InChI=1S/C25H22Cl2N4O4/c1-15-6-8-21(16(2)10-15)30-23(32)14-35-22-9-7-17(11-20(22)27)13-28-31-25(34)24(33)29-19-5-3-4-18(26)12-19/h3-13H,14H2,1-2H3,(H,29,33)(H,30,32)(H,31,34)/b28-13-. The fourth-order valence-electron chi connectivity index (χ4n) is 2.97. The third-order valence-corrected chi connectivity index (χ3v) is 5.17. The molecule has 0 atom stereocenters. The van der Waals surface area contributed by atoms with Crippen molar-refractivity contribution >= 4 is 58.5 Å². The van der Waals surface area contributed by atoms with E-state index in [9.17, 15) is 14.4 Å². The molecular weight excluding hydrogens is 491 g/mol. The summed E-state index contributed by atoms with van der Waals surface area (Å²) in [4.78, 5) is 36.1. The van der Waals surface area contributed by atoms with E-state index in [4.69, 9.17) is 27.9 Å². The number of aryl methyl sites for hydroxylation is 2. The number of halogens is 2. The highest BCUT2D eigenvalue weighted by molar-refractivity contribution is 6.39. The van der Waals surface area contributed by atoms with Crippen molar-refractivity contribution in [3.05, 3.63) is 87.4 Å². The Hall–Kier alpha value is -3.88. The minimum absolute atomic E-state index is 0.224. The summed E-state index contributed by atoms with van der Waals surface area (Å²) < 4.78 is 5.51. The van der Waals surface area contributed by atoms with Gasteiger partial charge in [0.1, 0.15) is 5.75 Å². The SMILES string of the molecule is Cc1ccc(NC(=O)COc2ccc(/C=N\NC(=O)C(=O)Nc3cccc(Cl)c3)cc2Cl)c(C)c1. The van der Waals surface area contributed by atoms with Crippen LogP contribution >= 0.6 is 23.2 Å². The Labute approximate surface area is 212 Å². The Bertz CT molecular complexity index is 1290. The average Bonchev–Trinajstić information content (AvgIpc) is 2.80. The molecule has 180 valence electrons. The van der Waals surface area contributed by atoms with E-state index in [1.54, 1.807) is 36.4 Å². The first-order chi connectivity index (χ1) is 16.7. The summed E-state index contributed by atoms with van der Waals surface area (Å²) in [5.74, 6) is -1.87. The van der Waals surface area contributed by atoms with E-state index in [1.807, 2.05) is 32.0 Å². The van der Waals surface area contributed by atoms with Gasteiger partial charge >= 0.3 is 11.8 Å². The number of amides is 3. The van der Waals surface area contributed by atoms with Gasteiger partial charge in [-0.15, -0.1) is 0 Å². The van der Waals surface area contributed by atoms with E-state index < -0.39 is 11.8 Å². The zero-order chi connectivity index (χ0) is 25.4. The van der Waals surface area contributed by atoms with E-state index >= 15 is 0 Å². The molecule has 0 heterocycles. The number of ether oxygens (including phenoxy) is 1. The Kier molecular flexibility index (Phi) is 8.83. The van der Waals surface area contributed by atoms with Crippen LogP contribution in [-0.2, 0) is 14.4 Å². The molecule has 0 spiro atoms. The number of rotatable bonds is 7. The van der Waals surface area contributed by atoms with Gasteiger partial charge in [-0.2, -0.15) is 5.10 Å². The molecule has 3 aromatic carbocycles. The molecule has 35 heavy (non-hydrogen) atoms. The molecule has 0 aliphatic carbocycles. The maximum absolute atomic E-state index is 12.2. The third kappa shape index (κ3) is 7.84. The van der Waals surface area contributed by atoms with Gasteiger partial charge in [-0.05, 0) is 67.4 Å². The molecule has 0 aliphatic rings. The van der Waals surface area contributed by atoms with Gasteiger partial charge in [0.05, 0.1) is 11.2 Å². The number of hydrogen-bond acceptors (Lipinski definition) is 5. The van der Waals surface area contributed by atoms with Gasteiger partial charge in [0, 0.05) is 16.4 Å². The van der Waals surface area contributed by atoms with Crippen LogP contribution in [-0.4, -0.2) is 30.5 Å². The molecule has 0 aromatic heterocycles. The van der Waals surface area contributed by atoms with Crippen molar-refractivity contribution in [3.63, 3.8) is 0 Å². The lowest BCUT2D eigenvalue weighted by molar-refractivity contribution is -0.136. The van der Waals surface area contributed by atoms with Crippen LogP contribution in [0.15, 0.2) is 65.8 Å². The van der Waals surface area contributed by atoms with Crippen molar-refractivity contribution in [1.82, 2.24) is 5.43 Å². The number of nitrogens with zero attached hydrogens (tertiary/aromatic N) is 1. The van der Waals surface area contributed by atoms with Crippen molar-refractivity contribution < 1.29 is 19.1 Å². The lowest BCUT2D eigenvalue weighted by Gasteiger charge is -2.11. The molecule has 8 nitrogen and oxygen atoms in total. The second kappa shape index (κ2) is 12.0. The van der Waals surface area contributed by atoms with Gasteiger partial charge in [-0.25, -0.2) is 5.43 Å². The van der Waals surface area contributed by atoms with E-state index in [0.717, 1.165) is 11.1 Å². The van der Waals surface area contributed by atoms with E-state index in [2.05, 4.69) is 21.2 Å². The smallest absolute Gasteiger partial charge is 0.329 e. The number of hydrogen-bond donors (Lipinski definition) is 3. The molecule has 0 bridgehead atoms. The summed E-state index contributed by atoms with van der Waals surface area (Å²) in [7, 11) is 0. The lowest BCUT2D eigenvalue weighted by atomic mass is 10.1. The fourth-order valence-corrected chi connectivity index (χ4v) is 3.40. The largest absolute Gasteiger partial charge is 0.482 e. The average molecular weight is 513 g/mol. The van der Waals surface area contributed by atoms with Crippen molar-refractivity contribution in [3.8, 4) is 5.75 Å². The van der Waals surface area contributed by atoms with Crippen LogP contribution in [0.25, 0.3) is 0 Å². The minimum Gasteiger partial charge on any atom is -0.482 e. The predicted molar refractivity (Wildman–Crippen MR) is 137 cm³/mol. The Morgan fingerprint density at radius 3 is 2.46 bits per heavy atom. The van der Waals surface area contributed by atoms with Gasteiger partial charge in [0.25, 0.3) is 5.91 Å². The molecule has 3 amide bonds.